The molecule has 0 amide bonds. The smallest absolute Gasteiger partial charge is 0.0974 e. The van der Waals surface area contributed by atoms with Gasteiger partial charge in [0.25, 0.3) is 0 Å². The molecule has 0 spiro atoms. The lowest BCUT2D eigenvalue weighted by molar-refractivity contribution is 1.000. The quantitative estimate of drug-likeness (QED) is 0.377. The molecule has 2 aliphatic carbocycles. The minimum Gasteiger partial charge on any atom is -0.254 e. The fraction of sp³-hybridized carbons (Fsp3) is 0.185. The van der Waals surface area contributed by atoms with Crippen molar-refractivity contribution in [2.75, 3.05) is 0 Å². The van der Waals surface area contributed by atoms with Gasteiger partial charge in [-0.15, -0.1) is 0 Å². The van der Waals surface area contributed by atoms with E-state index in [1.54, 1.807) is 0 Å². The van der Waals surface area contributed by atoms with Crippen molar-refractivity contribution < 1.29 is 0 Å². The molecule has 2 heterocycles. The van der Waals surface area contributed by atoms with Crippen LogP contribution in [0.2, 0.25) is 0 Å². The van der Waals surface area contributed by atoms with Gasteiger partial charge in [0.2, 0.25) is 0 Å². The first-order chi connectivity index (χ1) is 14.3. The molecule has 0 saturated heterocycles. The molecule has 0 radical (unpaired) electrons. The number of fused-ring (bicyclic) bond motifs is 4. The summed E-state index contributed by atoms with van der Waals surface area (Å²) in [5.41, 5.74) is 8.38. The number of rotatable bonds is 3. The predicted molar refractivity (Wildman–Crippen MR) is 121 cm³/mol. The SMILES string of the molecule is CCc1cc(-c2ccccc2)c2ccc3c(C4=CC=CC5CC45)ccnc3c2n1. The zero-order valence-electron chi connectivity index (χ0n) is 16.5. The molecular formula is C27H22N2. The average Bonchev–Trinajstić information content (AvgIpc) is 3.58. The number of allylic oxidation sites excluding steroid dienone is 4. The van der Waals surface area contributed by atoms with Gasteiger partial charge in [0.15, 0.2) is 0 Å². The van der Waals surface area contributed by atoms with Gasteiger partial charge in [-0.1, -0.05) is 67.6 Å². The Labute approximate surface area is 170 Å². The Kier molecular flexibility index (Phi) is 3.67. The van der Waals surface area contributed by atoms with Crippen molar-refractivity contribution in [3.63, 3.8) is 0 Å². The molecule has 2 nitrogen and oxygen atoms in total. The fourth-order valence-corrected chi connectivity index (χ4v) is 4.74. The van der Waals surface area contributed by atoms with E-state index in [0.717, 1.165) is 29.1 Å². The monoisotopic (exact) mass is 374 g/mol. The van der Waals surface area contributed by atoms with E-state index in [9.17, 15) is 0 Å². The van der Waals surface area contributed by atoms with Gasteiger partial charge in [0, 0.05) is 22.7 Å². The second-order valence-corrected chi connectivity index (χ2v) is 8.11. The number of hydrogen-bond acceptors (Lipinski definition) is 2. The van der Waals surface area contributed by atoms with Crippen LogP contribution in [0.25, 0.3) is 38.5 Å². The lowest BCUT2D eigenvalue weighted by Crippen LogP contribution is -1.97. The molecule has 0 bridgehead atoms. The zero-order chi connectivity index (χ0) is 19.4. The molecule has 0 aliphatic heterocycles. The number of aromatic nitrogens is 2. The Morgan fingerprint density at radius 1 is 0.931 bits per heavy atom. The standard InChI is InChI=1S/C27H22N2/c1-2-19-16-25(17-7-4-3-5-8-17)23-12-11-22-21(13-14-28-26(22)27(23)29-19)20-10-6-9-18-15-24(18)20/h3-14,16,18,24H,2,15H2,1H3. The van der Waals surface area contributed by atoms with Crippen LogP contribution in [0.5, 0.6) is 0 Å². The fourth-order valence-electron chi connectivity index (χ4n) is 4.74. The molecule has 4 aromatic rings. The molecule has 0 N–H and O–H groups in total. The van der Waals surface area contributed by atoms with Crippen LogP contribution in [0.15, 0.2) is 79.0 Å². The summed E-state index contributed by atoms with van der Waals surface area (Å²) in [6.07, 6.45) is 11.0. The van der Waals surface area contributed by atoms with E-state index < -0.39 is 0 Å². The zero-order valence-corrected chi connectivity index (χ0v) is 16.5. The van der Waals surface area contributed by atoms with Gasteiger partial charge in [-0.3, -0.25) is 9.97 Å². The van der Waals surface area contributed by atoms with Crippen molar-refractivity contribution >= 4 is 27.4 Å². The third-order valence-electron chi connectivity index (χ3n) is 6.37. The highest BCUT2D eigenvalue weighted by atomic mass is 14.8. The van der Waals surface area contributed by atoms with Crippen LogP contribution >= 0.6 is 0 Å². The van der Waals surface area contributed by atoms with Crippen molar-refractivity contribution in [2.24, 2.45) is 11.8 Å². The summed E-state index contributed by atoms with van der Waals surface area (Å²) < 4.78 is 0. The number of benzene rings is 2. The van der Waals surface area contributed by atoms with Crippen LogP contribution in [0, 0.1) is 11.8 Å². The second-order valence-electron chi connectivity index (χ2n) is 8.11. The summed E-state index contributed by atoms with van der Waals surface area (Å²) in [6.45, 7) is 2.17. The summed E-state index contributed by atoms with van der Waals surface area (Å²) in [5.74, 6) is 1.41. The van der Waals surface area contributed by atoms with Crippen LogP contribution in [0.4, 0.5) is 0 Å². The molecule has 2 heteroatoms. The first kappa shape index (κ1) is 16.7. The minimum atomic E-state index is 0.677. The summed E-state index contributed by atoms with van der Waals surface area (Å²) in [5, 5.41) is 2.39. The van der Waals surface area contributed by atoms with Crippen LogP contribution < -0.4 is 0 Å². The van der Waals surface area contributed by atoms with Crippen molar-refractivity contribution in [1.82, 2.24) is 9.97 Å². The molecule has 1 saturated carbocycles. The van der Waals surface area contributed by atoms with Gasteiger partial charge in [-0.05, 0) is 59.1 Å². The van der Waals surface area contributed by atoms with E-state index in [4.69, 9.17) is 9.97 Å². The van der Waals surface area contributed by atoms with E-state index >= 15 is 0 Å². The van der Waals surface area contributed by atoms with Crippen LogP contribution in [0.3, 0.4) is 0 Å². The van der Waals surface area contributed by atoms with E-state index in [0.29, 0.717) is 5.92 Å². The molecule has 2 aromatic heterocycles. The van der Waals surface area contributed by atoms with Crippen molar-refractivity contribution in [2.45, 2.75) is 19.8 Å². The maximum Gasteiger partial charge on any atom is 0.0974 e. The summed E-state index contributed by atoms with van der Waals surface area (Å²) in [7, 11) is 0. The molecule has 2 aromatic carbocycles. The van der Waals surface area contributed by atoms with Gasteiger partial charge in [-0.2, -0.15) is 0 Å². The summed E-state index contributed by atoms with van der Waals surface area (Å²) in [6, 6.07) is 19.5. The van der Waals surface area contributed by atoms with Crippen LogP contribution in [0.1, 0.15) is 24.6 Å². The highest BCUT2D eigenvalue weighted by Gasteiger charge is 2.39. The molecule has 2 unspecified atom stereocenters. The topological polar surface area (TPSA) is 25.8 Å². The van der Waals surface area contributed by atoms with E-state index in [-0.39, 0.29) is 0 Å². The lowest BCUT2D eigenvalue weighted by Gasteiger charge is -2.15. The second kappa shape index (κ2) is 6.38. The van der Waals surface area contributed by atoms with Gasteiger partial charge in [0.1, 0.15) is 0 Å². The predicted octanol–water partition coefficient (Wildman–Crippen LogP) is 6.60. The first-order valence-electron chi connectivity index (χ1n) is 10.5. The number of nitrogens with zero attached hydrogens (tertiary/aromatic N) is 2. The Balaban J connectivity index is 1.65. The minimum absolute atomic E-state index is 0.677. The van der Waals surface area contributed by atoms with Gasteiger partial charge < -0.3 is 0 Å². The molecule has 2 aliphatic rings. The van der Waals surface area contributed by atoms with Crippen molar-refractivity contribution in [1.29, 1.82) is 0 Å². The van der Waals surface area contributed by atoms with Gasteiger partial charge in [0.05, 0.1) is 11.0 Å². The first-order valence-corrected chi connectivity index (χ1v) is 10.5. The molecular weight excluding hydrogens is 352 g/mol. The maximum absolute atomic E-state index is 5.03. The molecule has 2 atom stereocenters. The van der Waals surface area contributed by atoms with E-state index in [1.807, 2.05) is 6.20 Å². The third-order valence-corrected chi connectivity index (χ3v) is 6.37. The van der Waals surface area contributed by atoms with Gasteiger partial charge >= 0.3 is 0 Å². The molecule has 140 valence electrons. The number of hydrogen-bond donors (Lipinski definition) is 0. The van der Waals surface area contributed by atoms with E-state index in [2.05, 4.69) is 79.7 Å². The Bertz CT molecular complexity index is 1310. The van der Waals surface area contributed by atoms with E-state index in [1.165, 1.54) is 39.5 Å². The Morgan fingerprint density at radius 3 is 2.59 bits per heavy atom. The van der Waals surface area contributed by atoms with Crippen molar-refractivity contribution in [3.8, 4) is 11.1 Å². The molecule has 29 heavy (non-hydrogen) atoms. The highest BCUT2D eigenvalue weighted by molar-refractivity contribution is 6.10. The van der Waals surface area contributed by atoms with Gasteiger partial charge in [-0.25, -0.2) is 0 Å². The molecule has 6 rings (SSSR count). The Morgan fingerprint density at radius 2 is 1.76 bits per heavy atom. The largest absolute Gasteiger partial charge is 0.254 e. The van der Waals surface area contributed by atoms with Crippen LogP contribution in [-0.4, -0.2) is 9.97 Å². The van der Waals surface area contributed by atoms with Crippen molar-refractivity contribution in [3.05, 3.63) is 90.3 Å². The number of pyridine rings is 2. The molecule has 1 fully saturated rings. The summed E-state index contributed by atoms with van der Waals surface area (Å²) in [4.78, 5) is 9.83. The maximum atomic E-state index is 5.03. The average molecular weight is 374 g/mol. The highest BCUT2D eigenvalue weighted by Crippen LogP contribution is 2.52. The Hall–Kier alpha value is -3.26. The van der Waals surface area contributed by atoms with Crippen LogP contribution in [-0.2, 0) is 6.42 Å². The number of aryl methyl sites for hydroxylation is 1. The third kappa shape index (κ3) is 2.63. The summed E-state index contributed by atoms with van der Waals surface area (Å²) >= 11 is 0. The normalized spacial score (nSPS) is 20.0. The lowest BCUT2D eigenvalue weighted by atomic mass is 9.92.